The summed E-state index contributed by atoms with van der Waals surface area (Å²) in [5.74, 6) is 0.372. The van der Waals surface area contributed by atoms with Crippen LogP contribution in [-0.2, 0) is 4.79 Å². The van der Waals surface area contributed by atoms with Crippen molar-refractivity contribution in [1.29, 1.82) is 0 Å². The van der Waals surface area contributed by atoms with Gasteiger partial charge >= 0.3 is 0 Å². The first-order chi connectivity index (χ1) is 5.77. The van der Waals surface area contributed by atoms with Crippen LogP contribution >= 0.6 is 0 Å². The highest BCUT2D eigenvalue weighted by Crippen LogP contribution is 2.23. The van der Waals surface area contributed by atoms with Crippen LogP contribution in [0.1, 0.15) is 18.2 Å². The van der Waals surface area contributed by atoms with Crippen LogP contribution in [-0.4, -0.2) is 17.1 Å². The molecule has 2 N–H and O–H groups in total. The summed E-state index contributed by atoms with van der Waals surface area (Å²) < 4.78 is 5.09. The fraction of sp³-hybridized carbons (Fsp3) is 0.375. The lowest BCUT2D eigenvalue weighted by Crippen LogP contribution is -2.23. The topological polar surface area (TPSA) is 62.5 Å². The van der Waals surface area contributed by atoms with Gasteiger partial charge < -0.3 is 14.8 Å². The number of rotatable bonds is 1. The Kier molecular flexibility index (Phi) is 1.62. The maximum absolute atomic E-state index is 10.9. The zero-order valence-corrected chi connectivity index (χ0v) is 6.36. The molecule has 1 aromatic rings. The Labute approximate surface area is 69.2 Å². The van der Waals surface area contributed by atoms with Crippen molar-refractivity contribution >= 4 is 5.91 Å². The molecule has 0 radical (unpaired) electrons. The van der Waals surface area contributed by atoms with Crippen LogP contribution < -0.4 is 5.32 Å². The minimum Gasteiger partial charge on any atom is -0.467 e. The van der Waals surface area contributed by atoms with Gasteiger partial charge in [0, 0.05) is 6.42 Å². The van der Waals surface area contributed by atoms with Gasteiger partial charge in [-0.1, -0.05) is 0 Å². The summed E-state index contributed by atoms with van der Waals surface area (Å²) in [4.78, 5) is 10.9. The molecule has 1 saturated heterocycles. The van der Waals surface area contributed by atoms with Gasteiger partial charge in [-0.15, -0.1) is 0 Å². The highest BCUT2D eigenvalue weighted by Gasteiger charge is 2.32. The van der Waals surface area contributed by atoms with Crippen molar-refractivity contribution in [3.05, 3.63) is 24.2 Å². The van der Waals surface area contributed by atoms with Crippen LogP contribution in [0.2, 0.25) is 0 Å². The molecule has 0 aliphatic carbocycles. The van der Waals surface area contributed by atoms with Gasteiger partial charge in [0.05, 0.1) is 12.3 Å². The van der Waals surface area contributed by atoms with Gasteiger partial charge in [-0.3, -0.25) is 4.79 Å². The molecule has 0 bridgehead atoms. The second kappa shape index (κ2) is 2.64. The first-order valence-electron chi connectivity index (χ1n) is 3.79. The van der Waals surface area contributed by atoms with Gasteiger partial charge in [-0.2, -0.15) is 0 Å². The number of nitrogens with one attached hydrogen (secondary N) is 1. The third-order valence-electron chi connectivity index (χ3n) is 1.96. The van der Waals surface area contributed by atoms with Crippen molar-refractivity contribution in [2.24, 2.45) is 0 Å². The number of aliphatic hydroxyl groups is 1. The monoisotopic (exact) mass is 167 g/mol. The van der Waals surface area contributed by atoms with Crippen LogP contribution in [0.15, 0.2) is 22.8 Å². The van der Waals surface area contributed by atoms with Crippen LogP contribution in [0.5, 0.6) is 0 Å². The Bertz CT molecular complexity index is 281. The van der Waals surface area contributed by atoms with Gasteiger partial charge in [0.2, 0.25) is 5.91 Å². The second-order valence-electron chi connectivity index (χ2n) is 2.83. The second-order valence-corrected chi connectivity index (χ2v) is 2.83. The summed E-state index contributed by atoms with van der Waals surface area (Å²) in [6, 6.07) is 3.37. The molecule has 2 rings (SSSR count). The van der Waals surface area contributed by atoms with E-state index in [1.807, 2.05) is 0 Å². The lowest BCUT2D eigenvalue weighted by Gasteiger charge is -2.03. The summed E-state index contributed by atoms with van der Waals surface area (Å²) >= 11 is 0. The predicted molar refractivity (Wildman–Crippen MR) is 40.2 cm³/mol. The van der Waals surface area contributed by atoms with Gasteiger partial charge in [-0.25, -0.2) is 0 Å². The van der Waals surface area contributed by atoms with Gasteiger partial charge in [0.25, 0.3) is 0 Å². The minimum absolute atomic E-state index is 0.164. The molecule has 4 heteroatoms. The Morgan fingerprint density at radius 1 is 1.67 bits per heavy atom. The largest absolute Gasteiger partial charge is 0.467 e. The van der Waals surface area contributed by atoms with Crippen molar-refractivity contribution in [1.82, 2.24) is 5.32 Å². The molecule has 4 nitrogen and oxygen atoms in total. The van der Waals surface area contributed by atoms with Crippen molar-refractivity contribution in [2.75, 3.05) is 0 Å². The quantitative estimate of drug-likeness (QED) is 0.628. The molecular formula is C8H9NO3. The Morgan fingerprint density at radius 3 is 3.00 bits per heavy atom. The summed E-state index contributed by atoms with van der Waals surface area (Å²) in [5, 5.41) is 11.7. The predicted octanol–water partition coefficient (Wildman–Crippen LogP) is 0.201. The molecule has 2 heterocycles. The van der Waals surface area contributed by atoms with E-state index in [9.17, 15) is 4.79 Å². The number of amides is 1. The molecule has 0 saturated carbocycles. The van der Waals surface area contributed by atoms with Gasteiger partial charge in [-0.05, 0) is 12.1 Å². The third kappa shape index (κ3) is 1.10. The maximum atomic E-state index is 10.9. The average molecular weight is 167 g/mol. The maximum Gasteiger partial charge on any atom is 0.249 e. The zero-order chi connectivity index (χ0) is 8.55. The molecule has 1 aliphatic heterocycles. The fourth-order valence-corrected chi connectivity index (χ4v) is 1.33. The summed E-state index contributed by atoms with van der Waals surface area (Å²) in [6.07, 6.45) is 1.05. The average Bonchev–Trinajstić information content (AvgIpc) is 2.61. The minimum atomic E-state index is -0.889. The van der Waals surface area contributed by atoms with E-state index in [0.717, 1.165) is 0 Å². The number of furan rings is 1. The smallest absolute Gasteiger partial charge is 0.249 e. The van der Waals surface area contributed by atoms with Gasteiger partial charge in [0.1, 0.15) is 11.9 Å². The molecule has 64 valence electrons. The van der Waals surface area contributed by atoms with Crippen molar-refractivity contribution in [3.8, 4) is 0 Å². The van der Waals surface area contributed by atoms with Crippen molar-refractivity contribution in [3.63, 3.8) is 0 Å². The highest BCUT2D eigenvalue weighted by molar-refractivity contribution is 5.83. The lowest BCUT2D eigenvalue weighted by atomic mass is 10.1. The number of hydrogen-bond donors (Lipinski definition) is 2. The van der Waals surface area contributed by atoms with Crippen LogP contribution in [0.4, 0.5) is 0 Å². The number of carbonyl (C=O) groups excluding carboxylic acids is 1. The third-order valence-corrected chi connectivity index (χ3v) is 1.96. The standard InChI is InChI=1S/C8H9NO3/c10-6-4-5(9-8(6)11)7-2-1-3-12-7/h1-3,5-6,10H,4H2,(H,9,11)/t5-,6+/m0/s1. The lowest BCUT2D eigenvalue weighted by molar-refractivity contribution is -0.126. The van der Waals surface area contributed by atoms with E-state index >= 15 is 0 Å². The normalized spacial score (nSPS) is 28.9. The molecule has 2 atom stereocenters. The SMILES string of the molecule is O=C1N[C@H](c2ccco2)C[C@H]1O. The Hall–Kier alpha value is -1.29. The van der Waals surface area contributed by atoms with Crippen LogP contribution in [0.3, 0.4) is 0 Å². The fourth-order valence-electron chi connectivity index (χ4n) is 1.33. The van der Waals surface area contributed by atoms with E-state index in [0.29, 0.717) is 12.2 Å². The molecule has 1 aromatic heterocycles. The molecule has 12 heavy (non-hydrogen) atoms. The summed E-state index contributed by atoms with van der Waals surface area (Å²) in [6.45, 7) is 0. The van der Waals surface area contributed by atoms with E-state index in [1.54, 1.807) is 18.4 Å². The summed E-state index contributed by atoms with van der Waals surface area (Å²) in [7, 11) is 0. The first kappa shape index (κ1) is 7.36. The number of carbonyl (C=O) groups is 1. The van der Waals surface area contributed by atoms with Crippen LogP contribution in [0, 0.1) is 0 Å². The molecule has 1 aliphatic rings. The van der Waals surface area contributed by atoms with E-state index in [1.165, 1.54) is 0 Å². The Morgan fingerprint density at radius 2 is 2.50 bits per heavy atom. The van der Waals surface area contributed by atoms with E-state index in [2.05, 4.69) is 5.32 Å². The molecule has 0 unspecified atom stereocenters. The van der Waals surface area contributed by atoms with Gasteiger partial charge in [0.15, 0.2) is 0 Å². The van der Waals surface area contributed by atoms with Crippen molar-refractivity contribution in [2.45, 2.75) is 18.6 Å². The molecule has 1 amide bonds. The molecule has 0 spiro atoms. The number of aliphatic hydroxyl groups excluding tert-OH is 1. The van der Waals surface area contributed by atoms with E-state index in [4.69, 9.17) is 9.52 Å². The van der Waals surface area contributed by atoms with E-state index < -0.39 is 6.10 Å². The zero-order valence-electron chi connectivity index (χ0n) is 6.36. The Balaban J connectivity index is 2.14. The molecule has 1 fully saturated rings. The molecular weight excluding hydrogens is 158 g/mol. The van der Waals surface area contributed by atoms with Crippen LogP contribution in [0.25, 0.3) is 0 Å². The highest BCUT2D eigenvalue weighted by atomic mass is 16.3. The summed E-state index contributed by atoms with van der Waals surface area (Å²) in [5.41, 5.74) is 0. The molecule has 0 aromatic carbocycles. The van der Waals surface area contributed by atoms with E-state index in [-0.39, 0.29) is 11.9 Å². The number of hydrogen-bond acceptors (Lipinski definition) is 3. The van der Waals surface area contributed by atoms with Crippen molar-refractivity contribution < 1.29 is 14.3 Å². The first-order valence-corrected chi connectivity index (χ1v) is 3.79.